The molecule has 1 aliphatic heterocycles. The van der Waals surface area contributed by atoms with E-state index >= 15 is 0 Å². The van der Waals surface area contributed by atoms with Crippen molar-refractivity contribution >= 4 is 0 Å². The van der Waals surface area contributed by atoms with E-state index in [0.717, 1.165) is 49.9 Å². The normalized spacial score (nSPS) is 26.5. The molecular weight excluding hydrogens is 300 g/mol. The van der Waals surface area contributed by atoms with Crippen molar-refractivity contribution in [2.24, 2.45) is 5.92 Å². The van der Waals surface area contributed by atoms with Crippen molar-refractivity contribution in [2.75, 3.05) is 6.61 Å². The molecular formula is C21H36O3. The predicted molar refractivity (Wildman–Crippen MR) is 101 cm³/mol. The molecule has 1 aliphatic rings. The Hall–Kier alpha value is -1.06. The molecule has 0 saturated carbocycles. The molecule has 0 spiro atoms. The minimum absolute atomic E-state index is 0.0554. The molecule has 1 heterocycles. The summed E-state index contributed by atoms with van der Waals surface area (Å²) in [6.45, 7) is 12.5. The molecule has 0 bridgehead atoms. The number of aliphatic hydroxyl groups is 2. The summed E-state index contributed by atoms with van der Waals surface area (Å²) < 4.78 is 6.19. The highest BCUT2D eigenvalue weighted by Crippen LogP contribution is 2.37. The van der Waals surface area contributed by atoms with Crippen molar-refractivity contribution < 1.29 is 14.9 Å². The maximum absolute atomic E-state index is 10.7. The zero-order valence-corrected chi connectivity index (χ0v) is 16.0. The van der Waals surface area contributed by atoms with Gasteiger partial charge in [-0.05, 0) is 72.6 Å². The van der Waals surface area contributed by atoms with Gasteiger partial charge in [0.25, 0.3) is 0 Å². The van der Waals surface area contributed by atoms with Crippen LogP contribution in [0.5, 0.6) is 0 Å². The average molecular weight is 337 g/mol. The van der Waals surface area contributed by atoms with Gasteiger partial charge in [-0.25, -0.2) is 0 Å². The number of hydrogen-bond acceptors (Lipinski definition) is 3. The van der Waals surface area contributed by atoms with E-state index < -0.39 is 11.7 Å². The van der Waals surface area contributed by atoms with Crippen molar-refractivity contribution in [3.63, 3.8) is 0 Å². The SMILES string of the molecule is C=C1OC(C)(C(O)CCC(C)=CCO)CCCC1CCC=C(C)C. The first-order chi connectivity index (χ1) is 11.3. The fourth-order valence-electron chi connectivity index (χ4n) is 3.34. The van der Waals surface area contributed by atoms with Gasteiger partial charge in [0.2, 0.25) is 0 Å². The first-order valence-electron chi connectivity index (χ1n) is 9.24. The van der Waals surface area contributed by atoms with Crippen LogP contribution in [0.4, 0.5) is 0 Å². The lowest BCUT2D eigenvalue weighted by Gasteiger charge is -2.35. The third kappa shape index (κ3) is 6.82. The first kappa shape index (κ1) is 21.0. The van der Waals surface area contributed by atoms with Gasteiger partial charge in [-0.2, -0.15) is 0 Å². The van der Waals surface area contributed by atoms with E-state index in [9.17, 15) is 5.11 Å². The number of aliphatic hydroxyl groups excluding tert-OH is 2. The van der Waals surface area contributed by atoms with E-state index in [4.69, 9.17) is 9.84 Å². The Kier molecular flexibility index (Phi) is 8.79. The zero-order chi connectivity index (χ0) is 18.2. The van der Waals surface area contributed by atoms with Crippen LogP contribution in [0.25, 0.3) is 0 Å². The van der Waals surface area contributed by atoms with Crippen molar-refractivity contribution in [3.05, 3.63) is 35.6 Å². The van der Waals surface area contributed by atoms with Crippen LogP contribution in [0.1, 0.15) is 72.6 Å². The number of rotatable bonds is 8. The Balaban J connectivity index is 2.61. The monoisotopic (exact) mass is 336 g/mol. The summed E-state index contributed by atoms with van der Waals surface area (Å²) in [5.41, 5.74) is 1.90. The Bertz CT molecular complexity index is 460. The highest BCUT2D eigenvalue weighted by Gasteiger charge is 2.38. The summed E-state index contributed by atoms with van der Waals surface area (Å²) in [6.07, 6.45) is 10.1. The van der Waals surface area contributed by atoms with Crippen LogP contribution >= 0.6 is 0 Å². The molecule has 3 heteroatoms. The van der Waals surface area contributed by atoms with Crippen LogP contribution in [0, 0.1) is 5.92 Å². The second-order valence-corrected chi connectivity index (χ2v) is 7.62. The lowest BCUT2D eigenvalue weighted by atomic mass is 9.88. The molecule has 0 aromatic heterocycles. The van der Waals surface area contributed by atoms with Crippen molar-refractivity contribution in [2.45, 2.75) is 84.3 Å². The number of ether oxygens (including phenoxy) is 1. The fourth-order valence-corrected chi connectivity index (χ4v) is 3.34. The van der Waals surface area contributed by atoms with E-state index in [1.54, 1.807) is 6.08 Å². The predicted octanol–water partition coefficient (Wildman–Crippen LogP) is 4.90. The Morgan fingerprint density at radius 1 is 1.38 bits per heavy atom. The summed E-state index contributed by atoms with van der Waals surface area (Å²) in [5, 5.41) is 19.6. The molecule has 138 valence electrons. The summed E-state index contributed by atoms with van der Waals surface area (Å²) in [4.78, 5) is 0. The molecule has 0 radical (unpaired) electrons. The minimum atomic E-state index is -0.554. The topological polar surface area (TPSA) is 49.7 Å². The molecule has 1 saturated heterocycles. The van der Waals surface area contributed by atoms with Gasteiger partial charge < -0.3 is 14.9 Å². The van der Waals surface area contributed by atoms with Gasteiger partial charge in [0.15, 0.2) is 0 Å². The Labute approximate surface area is 148 Å². The minimum Gasteiger partial charge on any atom is -0.490 e. The Morgan fingerprint density at radius 2 is 2.08 bits per heavy atom. The summed E-state index contributed by atoms with van der Waals surface area (Å²) in [6, 6.07) is 0. The van der Waals surface area contributed by atoms with Crippen LogP contribution < -0.4 is 0 Å². The van der Waals surface area contributed by atoms with Crippen molar-refractivity contribution in [3.8, 4) is 0 Å². The molecule has 3 atom stereocenters. The van der Waals surface area contributed by atoms with Gasteiger partial charge in [0, 0.05) is 5.92 Å². The van der Waals surface area contributed by atoms with Crippen molar-refractivity contribution in [1.82, 2.24) is 0 Å². The smallest absolute Gasteiger partial charge is 0.131 e. The lowest BCUT2D eigenvalue weighted by Crippen LogP contribution is -2.41. The highest BCUT2D eigenvalue weighted by atomic mass is 16.5. The van der Waals surface area contributed by atoms with Gasteiger partial charge in [0.1, 0.15) is 5.60 Å². The molecule has 1 rings (SSSR count). The van der Waals surface area contributed by atoms with E-state index in [1.807, 2.05) is 13.8 Å². The fraction of sp³-hybridized carbons (Fsp3) is 0.714. The lowest BCUT2D eigenvalue weighted by molar-refractivity contribution is -0.0894. The standard InChI is InChI=1S/C21H36O3/c1-16(2)8-6-9-19-10-7-14-21(5,24-18(19)4)20(23)12-11-17(3)13-15-22/h8,13,19-20,22-23H,4,6-7,9-12,14-15H2,1-3,5H3. The largest absolute Gasteiger partial charge is 0.490 e. The molecule has 3 nitrogen and oxygen atoms in total. The number of hydrogen-bond donors (Lipinski definition) is 2. The summed E-state index contributed by atoms with van der Waals surface area (Å²) in [5.74, 6) is 1.21. The molecule has 2 N–H and O–H groups in total. The first-order valence-corrected chi connectivity index (χ1v) is 9.24. The van der Waals surface area contributed by atoms with Gasteiger partial charge >= 0.3 is 0 Å². The van der Waals surface area contributed by atoms with E-state index in [0.29, 0.717) is 12.3 Å². The van der Waals surface area contributed by atoms with E-state index in [1.165, 1.54) is 5.57 Å². The van der Waals surface area contributed by atoms with E-state index in [2.05, 4.69) is 26.5 Å². The highest BCUT2D eigenvalue weighted by molar-refractivity contribution is 5.03. The van der Waals surface area contributed by atoms with Crippen LogP contribution in [-0.4, -0.2) is 28.5 Å². The quantitative estimate of drug-likeness (QED) is 0.620. The third-order valence-corrected chi connectivity index (χ3v) is 5.07. The van der Waals surface area contributed by atoms with Crippen LogP contribution in [-0.2, 0) is 4.74 Å². The molecule has 1 fully saturated rings. The van der Waals surface area contributed by atoms with Gasteiger partial charge in [-0.3, -0.25) is 0 Å². The Morgan fingerprint density at radius 3 is 2.71 bits per heavy atom. The van der Waals surface area contributed by atoms with Gasteiger partial charge in [-0.15, -0.1) is 0 Å². The summed E-state index contributed by atoms with van der Waals surface area (Å²) >= 11 is 0. The second kappa shape index (κ2) is 10.0. The number of allylic oxidation sites excluding steroid dienone is 4. The molecule has 0 aromatic carbocycles. The van der Waals surface area contributed by atoms with Crippen LogP contribution in [0.15, 0.2) is 35.6 Å². The summed E-state index contributed by atoms with van der Waals surface area (Å²) in [7, 11) is 0. The molecule has 24 heavy (non-hydrogen) atoms. The molecule has 0 aliphatic carbocycles. The molecule has 3 unspecified atom stereocenters. The van der Waals surface area contributed by atoms with E-state index in [-0.39, 0.29) is 6.61 Å². The zero-order valence-electron chi connectivity index (χ0n) is 16.0. The molecule has 0 aromatic rings. The van der Waals surface area contributed by atoms with Crippen LogP contribution in [0.2, 0.25) is 0 Å². The molecule has 0 amide bonds. The van der Waals surface area contributed by atoms with Gasteiger partial charge in [0.05, 0.1) is 18.5 Å². The van der Waals surface area contributed by atoms with Gasteiger partial charge in [-0.1, -0.05) is 29.9 Å². The van der Waals surface area contributed by atoms with Crippen LogP contribution in [0.3, 0.4) is 0 Å². The average Bonchev–Trinajstić information content (AvgIpc) is 2.64. The third-order valence-electron chi connectivity index (χ3n) is 5.07. The second-order valence-electron chi connectivity index (χ2n) is 7.62. The maximum Gasteiger partial charge on any atom is 0.131 e. The van der Waals surface area contributed by atoms with Crippen molar-refractivity contribution in [1.29, 1.82) is 0 Å². The maximum atomic E-state index is 10.7.